The number of nitrogens with one attached hydrogen (secondary N) is 1. The molecule has 0 bridgehead atoms. The number of rotatable bonds is 10. The van der Waals surface area contributed by atoms with Gasteiger partial charge in [0.25, 0.3) is 0 Å². The van der Waals surface area contributed by atoms with Crippen LogP contribution in [0.25, 0.3) is 0 Å². The van der Waals surface area contributed by atoms with Crippen molar-refractivity contribution in [1.82, 2.24) is 10.2 Å². The summed E-state index contributed by atoms with van der Waals surface area (Å²) in [7, 11) is 0. The fourth-order valence-electron chi connectivity index (χ4n) is 4.02. The Morgan fingerprint density at radius 2 is 1.60 bits per heavy atom. The van der Waals surface area contributed by atoms with Gasteiger partial charge in [-0.15, -0.1) is 0 Å². The average Bonchev–Trinajstić information content (AvgIpc) is 2.83. The van der Waals surface area contributed by atoms with Gasteiger partial charge in [0.1, 0.15) is 6.04 Å². The Labute approximate surface area is 217 Å². The molecule has 2 amide bonds. The largest absolute Gasteiger partial charge is 0.354 e. The zero-order valence-electron chi connectivity index (χ0n) is 21.1. The van der Waals surface area contributed by atoms with Gasteiger partial charge in [-0.1, -0.05) is 96.0 Å². The van der Waals surface area contributed by atoms with Crippen LogP contribution in [0.4, 0.5) is 0 Å². The minimum Gasteiger partial charge on any atom is -0.354 e. The molecule has 0 spiro atoms. The summed E-state index contributed by atoms with van der Waals surface area (Å²) in [5, 5.41) is 3.08. The van der Waals surface area contributed by atoms with Crippen molar-refractivity contribution in [2.24, 2.45) is 5.92 Å². The normalized spacial score (nSPS) is 11.8. The number of carbonyl (C=O) groups excluding carboxylic acids is 2. The van der Waals surface area contributed by atoms with Crippen molar-refractivity contribution in [1.29, 1.82) is 0 Å². The highest BCUT2D eigenvalue weighted by atomic mass is 79.9. The number of aryl methyl sites for hydroxylation is 2. The first kappa shape index (κ1) is 26.7. The molecule has 5 heteroatoms. The Kier molecular flexibility index (Phi) is 9.67. The topological polar surface area (TPSA) is 49.4 Å². The number of hydrogen-bond acceptors (Lipinski definition) is 2. The highest BCUT2D eigenvalue weighted by Crippen LogP contribution is 2.20. The lowest BCUT2D eigenvalue weighted by Crippen LogP contribution is -2.51. The maximum absolute atomic E-state index is 13.9. The van der Waals surface area contributed by atoms with Crippen molar-refractivity contribution in [3.8, 4) is 0 Å². The molecule has 35 heavy (non-hydrogen) atoms. The molecule has 3 aromatic carbocycles. The van der Waals surface area contributed by atoms with Crippen molar-refractivity contribution in [2.75, 3.05) is 6.54 Å². The van der Waals surface area contributed by atoms with Crippen LogP contribution in [0.3, 0.4) is 0 Å². The monoisotopic (exact) mass is 534 g/mol. The molecule has 0 saturated carbocycles. The van der Waals surface area contributed by atoms with Crippen LogP contribution in [-0.2, 0) is 29.0 Å². The highest BCUT2D eigenvalue weighted by molar-refractivity contribution is 9.10. The second-order valence-electron chi connectivity index (χ2n) is 9.60. The van der Waals surface area contributed by atoms with Gasteiger partial charge in [0, 0.05) is 24.0 Å². The third kappa shape index (κ3) is 8.07. The van der Waals surface area contributed by atoms with Crippen molar-refractivity contribution in [3.63, 3.8) is 0 Å². The van der Waals surface area contributed by atoms with E-state index in [0.29, 0.717) is 25.4 Å². The van der Waals surface area contributed by atoms with E-state index in [1.807, 2.05) is 74.5 Å². The van der Waals surface area contributed by atoms with Crippen LogP contribution >= 0.6 is 15.9 Å². The van der Waals surface area contributed by atoms with Crippen molar-refractivity contribution < 1.29 is 9.59 Å². The molecule has 3 aromatic rings. The predicted octanol–water partition coefficient (Wildman–Crippen LogP) is 6.02. The van der Waals surface area contributed by atoms with E-state index in [0.717, 1.165) is 32.3 Å². The van der Waals surface area contributed by atoms with Crippen molar-refractivity contribution >= 4 is 27.7 Å². The van der Waals surface area contributed by atoms with Gasteiger partial charge in [0.2, 0.25) is 11.8 Å². The molecule has 3 rings (SSSR count). The van der Waals surface area contributed by atoms with E-state index in [2.05, 4.69) is 47.2 Å². The van der Waals surface area contributed by atoms with Gasteiger partial charge >= 0.3 is 0 Å². The Hall–Kier alpha value is -2.92. The zero-order valence-corrected chi connectivity index (χ0v) is 22.6. The lowest BCUT2D eigenvalue weighted by molar-refractivity contribution is -0.140. The minimum atomic E-state index is -0.614. The number of hydrogen-bond donors (Lipinski definition) is 1. The third-order valence-corrected chi connectivity index (χ3v) is 6.60. The zero-order chi connectivity index (χ0) is 25.4. The number of halogens is 1. The summed E-state index contributed by atoms with van der Waals surface area (Å²) in [6.07, 6.45) is 0.715. The summed E-state index contributed by atoms with van der Waals surface area (Å²) >= 11 is 3.49. The van der Waals surface area contributed by atoms with Crippen LogP contribution in [0, 0.1) is 19.8 Å². The highest BCUT2D eigenvalue weighted by Gasteiger charge is 2.30. The molecule has 184 valence electrons. The summed E-state index contributed by atoms with van der Waals surface area (Å²) in [5.74, 6) is 0.151. The van der Waals surface area contributed by atoms with Crippen LogP contribution in [-0.4, -0.2) is 29.3 Å². The van der Waals surface area contributed by atoms with Crippen molar-refractivity contribution in [2.45, 2.75) is 53.1 Å². The summed E-state index contributed by atoms with van der Waals surface area (Å²) in [6, 6.07) is 23.4. The first-order valence-electron chi connectivity index (χ1n) is 12.1. The Balaban J connectivity index is 1.97. The van der Waals surface area contributed by atoms with Crippen LogP contribution < -0.4 is 5.32 Å². The number of amides is 2. The molecule has 1 N–H and O–H groups in total. The van der Waals surface area contributed by atoms with E-state index in [4.69, 9.17) is 0 Å². The molecule has 1 atom stereocenters. The van der Waals surface area contributed by atoms with Crippen LogP contribution in [0.15, 0.2) is 77.3 Å². The molecule has 0 aromatic heterocycles. The summed E-state index contributed by atoms with van der Waals surface area (Å²) in [5.41, 5.74) is 5.21. The van der Waals surface area contributed by atoms with Gasteiger partial charge in [-0.25, -0.2) is 0 Å². The van der Waals surface area contributed by atoms with Gasteiger partial charge in [-0.2, -0.15) is 0 Å². The van der Waals surface area contributed by atoms with Crippen LogP contribution in [0.2, 0.25) is 0 Å². The average molecular weight is 536 g/mol. The molecule has 0 aliphatic heterocycles. The molecule has 0 fully saturated rings. The molecule has 0 radical (unpaired) electrons. The Bertz CT molecular complexity index is 1130. The number of carbonyl (C=O) groups is 2. The molecule has 0 aliphatic carbocycles. The van der Waals surface area contributed by atoms with Crippen molar-refractivity contribution in [3.05, 3.63) is 105 Å². The smallest absolute Gasteiger partial charge is 0.243 e. The number of benzene rings is 3. The Morgan fingerprint density at radius 1 is 0.914 bits per heavy atom. The lowest BCUT2D eigenvalue weighted by Gasteiger charge is -2.32. The first-order valence-corrected chi connectivity index (χ1v) is 12.9. The molecule has 0 heterocycles. The van der Waals surface area contributed by atoms with E-state index in [1.54, 1.807) is 4.90 Å². The minimum absolute atomic E-state index is 0.0535. The molecule has 0 saturated heterocycles. The van der Waals surface area contributed by atoms with E-state index in [-0.39, 0.29) is 18.2 Å². The van der Waals surface area contributed by atoms with E-state index in [1.165, 1.54) is 0 Å². The summed E-state index contributed by atoms with van der Waals surface area (Å²) in [6.45, 7) is 9.13. The molecule has 4 nitrogen and oxygen atoms in total. The summed E-state index contributed by atoms with van der Waals surface area (Å²) < 4.78 is 0.977. The van der Waals surface area contributed by atoms with Crippen LogP contribution in [0.1, 0.15) is 41.7 Å². The fraction of sp³-hybridized carbons (Fsp3) is 0.333. The van der Waals surface area contributed by atoms with Gasteiger partial charge in [-0.05, 0) is 54.2 Å². The number of nitrogens with zero attached hydrogens (tertiary/aromatic N) is 1. The molecular formula is C30H35BrN2O2. The predicted molar refractivity (Wildman–Crippen MR) is 146 cm³/mol. The third-order valence-electron chi connectivity index (χ3n) is 6.07. The lowest BCUT2D eigenvalue weighted by atomic mass is 9.99. The molecule has 0 aliphatic rings. The summed E-state index contributed by atoms with van der Waals surface area (Å²) in [4.78, 5) is 29.1. The van der Waals surface area contributed by atoms with E-state index < -0.39 is 6.04 Å². The fourth-order valence-corrected chi connectivity index (χ4v) is 4.28. The standard InChI is InChI=1S/C30H35BrN2O2/c1-21(2)19-32-30(35)28(17-24-8-6-5-7-9-24)33(20-25-12-14-27(31)15-13-25)29(34)18-26-16-22(3)10-11-23(26)4/h5-16,21,28H,17-20H2,1-4H3,(H,32,35). The molecular weight excluding hydrogens is 500 g/mol. The second kappa shape index (κ2) is 12.7. The van der Waals surface area contributed by atoms with E-state index >= 15 is 0 Å². The van der Waals surface area contributed by atoms with Gasteiger partial charge < -0.3 is 10.2 Å². The van der Waals surface area contributed by atoms with Gasteiger partial charge in [0.15, 0.2) is 0 Å². The first-order chi connectivity index (χ1) is 16.7. The second-order valence-corrected chi connectivity index (χ2v) is 10.5. The van der Waals surface area contributed by atoms with Gasteiger partial charge in [-0.3, -0.25) is 9.59 Å². The SMILES string of the molecule is Cc1ccc(C)c(CC(=O)N(Cc2ccc(Br)cc2)C(Cc2ccccc2)C(=O)NCC(C)C)c1. The van der Waals surface area contributed by atoms with Crippen LogP contribution in [0.5, 0.6) is 0 Å². The quantitative estimate of drug-likeness (QED) is 0.345. The maximum Gasteiger partial charge on any atom is 0.243 e. The van der Waals surface area contributed by atoms with E-state index in [9.17, 15) is 9.59 Å². The maximum atomic E-state index is 13.9. The molecule has 1 unspecified atom stereocenters. The van der Waals surface area contributed by atoms with Gasteiger partial charge in [0.05, 0.1) is 6.42 Å². The Morgan fingerprint density at radius 3 is 2.26 bits per heavy atom.